The molecule has 3 N–H and O–H groups in total. The second kappa shape index (κ2) is 4.80. The fourth-order valence-electron chi connectivity index (χ4n) is 1.75. The smallest absolute Gasteiger partial charge is 0.107 e. The zero-order valence-corrected chi connectivity index (χ0v) is 10.7. The molecule has 1 aromatic carbocycles. The van der Waals surface area contributed by atoms with E-state index in [-0.39, 0.29) is 6.04 Å². The number of aromatic nitrogens is 2. The van der Waals surface area contributed by atoms with Gasteiger partial charge in [-0.25, -0.2) is 4.98 Å². The Morgan fingerprint density at radius 2 is 2.31 bits per heavy atom. The number of hydrogen-bond acceptors (Lipinski definition) is 2. The molecule has 2 rings (SSSR count). The number of benzene rings is 1. The summed E-state index contributed by atoms with van der Waals surface area (Å²) >= 11 is 3.51. The highest BCUT2D eigenvalue weighted by Gasteiger charge is 2.12. The molecule has 1 aromatic heterocycles. The summed E-state index contributed by atoms with van der Waals surface area (Å²) in [5.41, 5.74) is 8.53. The average molecular weight is 280 g/mol. The minimum atomic E-state index is -0.0244. The first-order valence-electron chi connectivity index (χ1n) is 5.17. The van der Waals surface area contributed by atoms with Crippen molar-refractivity contribution in [1.29, 1.82) is 0 Å². The van der Waals surface area contributed by atoms with Crippen molar-refractivity contribution in [3.63, 3.8) is 0 Å². The third-order valence-corrected chi connectivity index (χ3v) is 3.54. The van der Waals surface area contributed by atoms with Gasteiger partial charge in [0.15, 0.2) is 0 Å². The molecule has 0 aliphatic heterocycles. The lowest BCUT2D eigenvalue weighted by molar-refractivity contribution is 0.689. The predicted octanol–water partition coefficient (Wildman–Crippen LogP) is 2.72. The van der Waals surface area contributed by atoms with E-state index in [1.54, 1.807) is 6.20 Å². The number of imidazole rings is 1. The van der Waals surface area contributed by atoms with Crippen molar-refractivity contribution in [2.75, 3.05) is 0 Å². The lowest BCUT2D eigenvalue weighted by atomic mass is 9.99. The van der Waals surface area contributed by atoms with Crippen LogP contribution in [-0.4, -0.2) is 9.97 Å². The second-order valence-electron chi connectivity index (χ2n) is 3.80. The summed E-state index contributed by atoms with van der Waals surface area (Å²) in [5.74, 6) is 0.923. The molecule has 3 nitrogen and oxygen atoms in total. The van der Waals surface area contributed by atoms with Crippen molar-refractivity contribution < 1.29 is 0 Å². The van der Waals surface area contributed by atoms with Crippen molar-refractivity contribution in [3.8, 4) is 0 Å². The number of H-pyrrole nitrogens is 1. The zero-order valence-electron chi connectivity index (χ0n) is 9.07. The molecule has 0 amide bonds. The van der Waals surface area contributed by atoms with Gasteiger partial charge in [0.2, 0.25) is 0 Å². The molecule has 16 heavy (non-hydrogen) atoms. The molecule has 2 aromatic rings. The van der Waals surface area contributed by atoms with Crippen molar-refractivity contribution in [3.05, 3.63) is 52.0 Å². The van der Waals surface area contributed by atoms with E-state index in [1.807, 2.05) is 18.3 Å². The summed E-state index contributed by atoms with van der Waals surface area (Å²) < 4.78 is 1.10. The molecule has 4 heteroatoms. The Bertz CT molecular complexity index is 465. The molecule has 84 valence electrons. The highest BCUT2D eigenvalue weighted by molar-refractivity contribution is 9.10. The van der Waals surface area contributed by atoms with E-state index in [4.69, 9.17) is 5.73 Å². The van der Waals surface area contributed by atoms with Gasteiger partial charge in [0.1, 0.15) is 5.82 Å². The predicted molar refractivity (Wildman–Crippen MR) is 68.1 cm³/mol. The molecular formula is C12H14BrN3. The number of nitrogens with zero attached hydrogens (tertiary/aromatic N) is 1. The number of nitrogens with two attached hydrogens (primary N) is 1. The van der Waals surface area contributed by atoms with E-state index in [0.717, 1.165) is 22.3 Å². The van der Waals surface area contributed by atoms with Gasteiger partial charge in [-0.3, -0.25) is 0 Å². The molecule has 1 heterocycles. The van der Waals surface area contributed by atoms with E-state index in [1.165, 1.54) is 5.56 Å². The fraction of sp³-hybridized carbons (Fsp3) is 0.250. The van der Waals surface area contributed by atoms with E-state index in [0.29, 0.717) is 0 Å². The van der Waals surface area contributed by atoms with Crippen LogP contribution in [0.15, 0.2) is 35.1 Å². The van der Waals surface area contributed by atoms with Gasteiger partial charge in [0.25, 0.3) is 0 Å². The van der Waals surface area contributed by atoms with E-state index < -0.39 is 0 Å². The molecule has 0 fully saturated rings. The first kappa shape index (κ1) is 11.4. The van der Waals surface area contributed by atoms with Crippen molar-refractivity contribution in [2.45, 2.75) is 19.4 Å². The molecule has 0 bridgehead atoms. The standard InChI is InChI=1S/C12H14BrN3/c1-8-9(3-2-4-10(8)13)11(14)7-12-15-5-6-16-12/h2-6,11H,7,14H2,1H3,(H,15,16). The van der Waals surface area contributed by atoms with Crippen LogP contribution in [0.25, 0.3) is 0 Å². The van der Waals surface area contributed by atoms with Gasteiger partial charge in [-0.2, -0.15) is 0 Å². The fourth-order valence-corrected chi connectivity index (χ4v) is 2.14. The molecule has 0 aliphatic rings. The molecule has 0 saturated carbocycles. The number of nitrogens with one attached hydrogen (secondary N) is 1. The number of halogens is 1. The lowest BCUT2D eigenvalue weighted by Gasteiger charge is -2.14. The molecule has 0 radical (unpaired) electrons. The Labute approximate surface area is 103 Å². The third kappa shape index (κ3) is 2.33. The van der Waals surface area contributed by atoms with E-state index in [9.17, 15) is 0 Å². The first-order chi connectivity index (χ1) is 7.68. The van der Waals surface area contributed by atoms with Crippen LogP contribution < -0.4 is 5.73 Å². The maximum absolute atomic E-state index is 6.18. The average Bonchev–Trinajstić information content (AvgIpc) is 2.74. The summed E-state index contributed by atoms with van der Waals surface area (Å²) in [6.45, 7) is 2.07. The van der Waals surface area contributed by atoms with Crippen LogP contribution in [-0.2, 0) is 6.42 Å². The molecule has 0 saturated heterocycles. The third-order valence-electron chi connectivity index (χ3n) is 2.68. The maximum Gasteiger partial charge on any atom is 0.107 e. The molecule has 0 aliphatic carbocycles. The Kier molecular flexibility index (Phi) is 3.41. The maximum atomic E-state index is 6.18. The van der Waals surface area contributed by atoms with Gasteiger partial charge in [0, 0.05) is 29.3 Å². The largest absolute Gasteiger partial charge is 0.349 e. The Hall–Kier alpha value is -1.13. The van der Waals surface area contributed by atoms with Crippen LogP contribution in [0, 0.1) is 6.92 Å². The van der Waals surface area contributed by atoms with Crippen molar-refractivity contribution >= 4 is 15.9 Å². The van der Waals surface area contributed by atoms with Crippen LogP contribution in [0.1, 0.15) is 23.0 Å². The minimum absolute atomic E-state index is 0.0244. The number of hydrogen-bond donors (Lipinski definition) is 2. The summed E-state index contributed by atoms with van der Waals surface area (Å²) in [5, 5.41) is 0. The number of aromatic amines is 1. The zero-order chi connectivity index (χ0) is 11.5. The van der Waals surface area contributed by atoms with Crippen molar-refractivity contribution in [2.24, 2.45) is 5.73 Å². The topological polar surface area (TPSA) is 54.7 Å². The second-order valence-corrected chi connectivity index (χ2v) is 4.65. The van der Waals surface area contributed by atoms with Crippen LogP contribution in [0.4, 0.5) is 0 Å². The molecule has 1 unspecified atom stereocenters. The van der Waals surface area contributed by atoms with Crippen LogP contribution >= 0.6 is 15.9 Å². The highest BCUT2D eigenvalue weighted by atomic mass is 79.9. The van der Waals surface area contributed by atoms with Crippen LogP contribution in [0.2, 0.25) is 0 Å². The first-order valence-corrected chi connectivity index (χ1v) is 5.96. The molecule has 1 atom stereocenters. The summed E-state index contributed by atoms with van der Waals surface area (Å²) in [7, 11) is 0. The van der Waals surface area contributed by atoms with Crippen LogP contribution in [0.3, 0.4) is 0 Å². The van der Waals surface area contributed by atoms with Gasteiger partial charge in [-0.15, -0.1) is 0 Å². The van der Waals surface area contributed by atoms with Gasteiger partial charge in [-0.1, -0.05) is 28.1 Å². The van der Waals surface area contributed by atoms with Gasteiger partial charge in [-0.05, 0) is 24.1 Å². The normalized spacial score (nSPS) is 12.7. The quantitative estimate of drug-likeness (QED) is 0.908. The highest BCUT2D eigenvalue weighted by Crippen LogP contribution is 2.24. The van der Waals surface area contributed by atoms with Gasteiger partial charge < -0.3 is 10.7 Å². The van der Waals surface area contributed by atoms with Crippen molar-refractivity contribution in [1.82, 2.24) is 9.97 Å². The number of rotatable bonds is 3. The van der Waals surface area contributed by atoms with Gasteiger partial charge in [0.05, 0.1) is 0 Å². The monoisotopic (exact) mass is 279 g/mol. The lowest BCUT2D eigenvalue weighted by Crippen LogP contribution is -2.15. The SMILES string of the molecule is Cc1c(Br)cccc1C(N)Cc1ncc[nH]1. The molecule has 0 spiro atoms. The molecular weight excluding hydrogens is 266 g/mol. The van der Waals surface area contributed by atoms with E-state index >= 15 is 0 Å². The summed E-state index contributed by atoms with van der Waals surface area (Å²) in [4.78, 5) is 7.26. The van der Waals surface area contributed by atoms with Gasteiger partial charge >= 0.3 is 0 Å². The minimum Gasteiger partial charge on any atom is -0.349 e. The van der Waals surface area contributed by atoms with E-state index in [2.05, 4.69) is 38.9 Å². The Balaban J connectivity index is 2.21. The summed E-state index contributed by atoms with van der Waals surface area (Å²) in [6, 6.07) is 6.07. The summed E-state index contributed by atoms with van der Waals surface area (Å²) in [6.07, 6.45) is 4.29. The Morgan fingerprint density at radius 3 is 3.00 bits per heavy atom. The Morgan fingerprint density at radius 1 is 1.50 bits per heavy atom. The van der Waals surface area contributed by atoms with Crippen LogP contribution in [0.5, 0.6) is 0 Å².